The summed E-state index contributed by atoms with van der Waals surface area (Å²) in [7, 11) is 1.72. The summed E-state index contributed by atoms with van der Waals surface area (Å²) in [6, 6.07) is 0. The first-order chi connectivity index (χ1) is 11.0. The summed E-state index contributed by atoms with van der Waals surface area (Å²) in [5.74, 6) is 0.784. The molecule has 1 amide bonds. The first-order valence-corrected chi connectivity index (χ1v) is 8.29. The van der Waals surface area contributed by atoms with E-state index in [1.54, 1.807) is 13.3 Å². The molecule has 2 N–H and O–H groups in total. The molecular weight excluding hydrogens is 328 g/mol. The van der Waals surface area contributed by atoms with Gasteiger partial charge in [0.1, 0.15) is 5.82 Å². The van der Waals surface area contributed by atoms with E-state index in [-0.39, 0.29) is 29.6 Å². The van der Waals surface area contributed by atoms with E-state index < -0.39 is 0 Å². The molecule has 0 aromatic carbocycles. The lowest BCUT2D eigenvalue weighted by atomic mass is 9.79. The molecule has 2 rings (SSSR count). The van der Waals surface area contributed by atoms with Crippen molar-refractivity contribution < 1.29 is 9.53 Å². The number of nitrogens with one attached hydrogen (secondary N) is 2. The molecule has 1 aromatic heterocycles. The summed E-state index contributed by atoms with van der Waals surface area (Å²) < 4.78 is 5.40. The standard InChI is InChI=1S/C17H28N4O2.ClH/c1-12(2)15-14(9-19-13(3)21-15)16(22)20-10-17(11-23-4)5-7-18-8-6-17;/h9,12,18H,5-8,10-11H2,1-4H3,(H,20,22);1H. The number of halogens is 1. The average Bonchev–Trinajstić information content (AvgIpc) is 2.54. The number of hydrogen-bond acceptors (Lipinski definition) is 5. The smallest absolute Gasteiger partial charge is 0.254 e. The van der Waals surface area contributed by atoms with Crippen LogP contribution in [-0.2, 0) is 4.74 Å². The number of piperidine rings is 1. The van der Waals surface area contributed by atoms with Gasteiger partial charge in [-0.2, -0.15) is 0 Å². The highest BCUT2D eigenvalue weighted by Gasteiger charge is 2.33. The van der Waals surface area contributed by atoms with E-state index in [9.17, 15) is 4.79 Å². The molecule has 0 radical (unpaired) electrons. The van der Waals surface area contributed by atoms with Crippen molar-refractivity contribution in [3.63, 3.8) is 0 Å². The van der Waals surface area contributed by atoms with Gasteiger partial charge in [-0.05, 0) is 38.8 Å². The van der Waals surface area contributed by atoms with E-state index in [1.807, 2.05) is 20.8 Å². The summed E-state index contributed by atoms with van der Waals surface area (Å²) in [6.45, 7) is 9.13. The molecule has 0 aliphatic carbocycles. The Labute approximate surface area is 150 Å². The number of amides is 1. The Hall–Kier alpha value is -1.24. The fourth-order valence-corrected chi connectivity index (χ4v) is 3.10. The van der Waals surface area contributed by atoms with Gasteiger partial charge in [0.05, 0.1) is 17.9 Å². The van der Waals surface area contributed by atoms with Crippen molar-refractivity contribution in [3.05, 3.63) is 23.3 Å². The van der Waals surface area contributed by atoms with E-state index in [4.69, 9.17) is 4.74 Å². The van der Waals surface area contributed by atoms with Gasteiger partial charge in [0.15, 0.2) is 0 Å². The van der Waals surface area contributed by atoms with Gasteiger partial charge in [0, 0.05) is 25.3 Å². The van der Waals surface area contributed by atoms with E-state index in [0.717, 1.165) is 31.6 Å². The fraction of sp³-hybridized carbons (Fsp3) is 0.706. The fourth-order valence-electron chi connectivity index (χ4n) is 3.10. The molecule has 0 bridgehead atoms. The van der Waals surface area contributed by atoms with Gasteiger partial charge < -0.3 is 15.4 Å². The van der Waals surface area contributed by atoms with Crippen LogP contribution in [0.15, 0.2) is 6.20 Å². The van der Waals surface area contributed by atoms with Crippen LogP contribution in [0.2, 0.25) is 0 Å². The van der Waals surface area contributed by atoms with Crippen LogP contribution in [0.4, 0.5) is 0 Å². The van der Waals surface area contributed by atoms with Crippen molar-refractivity contribution in [2.45, 2.75) is 39.5 Å². The molecule has 0 saturated carbocycles. The lowest BCUT2D eigenvalue weighted by Crippen LogP contribution is -2.47. The molecule has 24 heavy (non-hydrogen) atoms. The van der Waals surface area contributed by atoms with Crippen LogP contribution in [0.25, 0.3) is 0 Å². The van der Waals surface area contributed by atoms with Crippen LogP contribution in [0.5, 0.6) is 0 Å². The van der Waals surface area contributed by atoms with Crippen molar-refractivity contribution in [3.8, 4) is 0 Å². The van der Waals surface area contributed by atoms with Gasteiger partial charge in [-0.1, -0.05) is 13.8 Å². The molecule has 1 aromatic rings. The molecule has 1 saturated heterocycles. The number of rotatable bonds is 6. The van der Waals surface area contributed by atoms with Crippen LogP contribution in [-0.4, -0.2) is 49.2 Å². The maximum atomic E-state index is 12.6. The van der Waals surface area contributed by atoms with Crippen LogP contribution in [0, 0.1) is 12.3 Å². The highest BCUT2D eigenvalue weighted by molar-refractivity contribution is 5.95. The minimum Gasteiger partial charge on any atom is -0.384 e. The molecule has 1 fully saturated rings. The summed E-state index contributed by atoms with van der Waals surface area (Å²) in [4.78, 5) is 21.2. The summed E-state index contributed by atoms with van der Waals surface area (Å²) in [5.41, 5.74) is 1.40. The Kier molecular flexibility index (Phi) is 8.06. The summed E-state index contributed by atoms with van der Waals surface area (Å²) in [6.07, 6.45) is 3.64. The maximum Gasteiger partial charge on any atom is 0.254 e. The first-order valence-electron chi connectivity index (χ1n) is 8.29. The second kappa shape index (κ2) is 9.30. The number of ether oxygens (including phenoxy) is 1. The van der Waals surface area contributed by atoms with Gasteiger partial charge in [0.25, 0.3) is 5.91 Å². The lowest BCUT2D eigenvalue weighted by molar-refractivity contribution is 0.0511. The topological polar surface area (TPSA) is 76.1 Å². The number of nitrogens with zero attached hydrogens (tertiary/aromatic N) is 2. The molecule has 1 aliphatic heterocycles. The van der Waals surface area contributed by atoms with Crippen LogP contribution in [0.3, 0.4) is 0 Å². The summed E-state index contributed by atoms with van der Waals surface area (Å²) in [5, 5.41) is 6.44. The van der Waals surface area contributed by atoms with Gasteiger partial charge >= 0.3 is 0 Å². The van der Waals surface area contributed by atoms with E-state index in [2.05, 4.69) is 20.6 Å². The van der Waals surface area contributed by atoms with Crippen molar-refractivity contribution in [2.75, 3.05) is 33.4 Å². The molecule has 0 spiro atoms. The lowest BCUT2D eigenvalue weighted by Gasteiger charge is -2.37. The Morgan fingerprint density at radius 3 is 2.67 bits per heavy atom. The van der Waals surface area contributed by atoms with E-state index in [1.165, 1.54) is 0 Å². The number of hydrogen-bond donors (Lipinski definition) is 2. The van der Waals surface area contributed by atoms with Gasteiger partial charge in [-0.15, -0.1) is 12.4 Å². The van der Waals surface area contributed by atoms with Gasteiger partial charge in [0.2, 0.25) is 0 Å². The Morgan fingerprint density at radius 1 is 1.42 bits per heavy atom. The minimum absolute atomic E-state index is 0. The molecule has 7 heteroatoms. The monoisotopic (exact) mass is 356 g/mol. The second-order valence-electron chi connectivity index (χ2n) is 6.74. The second-order valence-corrected chi connectivity index (χ2v) is 6.74. The highest BCUT2D eigenvalue weighted by atomic mass is 35.5. The number of aromatic nitrogens is 2. The quantitative estimate of drug-likeness (QED) is 0.816. The Bertz CT molecular complexity index is 540. The van der Waals surface area contributed by atoms with E-state index in [0.29, 0.717) is 24.5 Å². The zero-order valence-corrected chi connectivity index (χ0v) is 15.8. The molecule has 0 unspecified atom stereocenters. The third-order valence-corrected chi connectivity index (χ3v) is 4.47. The zero-order valence-electron chi connectivity index (χ0n) is 15.0. The third kappa shape index (κ3) is 5.13. The van der Waals surface area contributed by atoms with Crippen molar-refractivity contribution in [1.29, 1.82) is 0 Å². The average molecular weight is 357 g/mol. The molecular formula is C17H29ClN4O2. The Balaban J connectivity index is 0.00000288. The number of methoxy groups -OCH3 is 1. The van der Waals surface area contributed by atoms with E-state index >= 15 is 0 Å². The molecule has 1 aliphatic rings. The van der Waals surface area contributed by atoms with Crippen LogP contribution >= 0.6 is 12.4 Å². The molecule has 6 nitrogen and oxygen atoms in total. The highest BCUT2D eigenvalue weighted by Crippen LogP contribution is 2.28. The molecule has 2 heterocycles. The number of carbonyl (C=O) groups is 1. The normalized spacial score (nSPS) is 16.5. The largest absolute Gasteiger partial charge is 0.384 e. The first kappa shape index (κ1) is 20.8. The third-order valence-electron chi connectivity index (χ3n) is 4.47. The zero-order chi connectivity index (χ0) is 16.9. The Morgan fingerprint density at radius 2 is 2.08 bits per heavy atom. The summed E-state index contributed by atoms with van der Waals surface area (Å²) >= 11 is 0. The SMILES string of the molecule is COCC1(CNC(=O)c2cnc(C)nc2C(C)C)CCNCC1.Cl. The maximum absolute atomic E-state index is 12.6. The molecule has 0 atom stereocenters. The minimum atomic E-state index is -0.0947. The number of carbonyl (C=O) groups excluding carboxylic acids is 1. The van der Waals surface area contributed by atoms with Crippen molar-refractivity contribution in [2.24, 2.45) is 5.41 Å². The van der Waals surface area contributed by atoms with Crippen LogP contribution in [0.1, 0.15) is 54.5 Å². The van der Waals surface area contributed by atoms with Crippen LogP contribution < -0.4 is 10.6 Å². The predicted molar refractivity (Wildman–Crippen MR) is 96.9 cm³/mol. The van der Waals surface area contributed by atoms with Crippen molar-refractivity contribution in [1.82, 2.24) is 20.6 Å². The molecule has 136 valence electrons. The van der Waals surface area contributed by atoms with Gasteiger partial charge in [-0.25, -0.2) is 9.97 Å². The number of aryl methyl sites for hydroxylation is 1. The predicted octanol–water partition coefficient (Wildman–Crippen LogP) is 2.08. The van der Waals surface area contributed by atoms with Crippen molar-refractivity contribution >= 4 is 18.3 Å². The van der Waals surface area contributed by atoms with Gasteiger partial charge in [-0.3, -0.25) is 4.79 Å².